The maximum absolute atomic E-state index is 12.5. The van der Waals surface area contributed by atoms with Gasteiger partial charge < -0.3 is 10.2 Å². The Bertz CT molecular complexity index is 728. The largest absolute Gasteiger partial charge is 0.416 e. The van der Waals surface area contributed by atoms with Crippen molar-refractivity contribution in [2.75, 3.05) is 42.9 Å². The summed E-state index contributed by atoms with van der Waals surface area (Å²) in [7, 11) is 0. The fraction of sp³-hybridized carbons (Fsp3) is 0.353. The van der Waals surface area contributed by atoms with Crippen LogP contribution in [0.2, 0.25) is 0 Å². The Morgan fingerprint density at radius 1 is 1.08 bits per heavy atom. The van der Waals surface area contributed by atoms with E-state index in [0.717, 1.165) is 31.0 Å². The Hall–Kier alpha value is -2.68. The lowest BCUT2D eigenvalue weighted by atomic mass is 10.2. The van der Waals surface area contributed by atoms with Gasteiger partial charge in [-0.05, 0) is 24.3 Å². The molecule has 0 saturated carbocycles. The first-order chi connectivity index (χ1) is 12.4. The third-order valence-corrected chi connectivity index (χ3v) is 4.11. The summed E-state index contributed by atoms with van der Waals surface area (Å²) in [6.07, 6.45) is 0.572. The summed E-state index contributed by atoms with van der Waals surface area (Å²) in [4.78, 5) is 24.5. The average molecular weight is 365 g/mol. The first-order valence-corrected chi connectivity index (χ1v) is 8.12. The van der Waals surface area contributed by atoms with Gasteiger partial charge in [0.05, 0.1) is 18.3 Å². The van der Waals surface area contributed by atoms with Crippen LogP contribution in [0.15, 0.2) is 42.9 Å². The molecule has 1 saturated heterocycles. The minimum atomic E-state index is -4.38. The third kappa shape index (κ3) is 4.69. The van der Waals surface area contributed by atoms with Gasteiger partial charge in [0.25, 0.3) is 0 Å². The molecule has 138 valence electrons. The van der Waals surface area contributed by atoms with Gasteiger partial charge in [0.15, 0.2) is 0 Å². The predicted octanol–water partition coefficient (Wildman–Crippen LogP) is 2.26. The van der Waals surface area contributed by atoms with Gasteiger partial charge in [-0.15, -0.1) is 0 Å². The molecule has 0 radical (unpaired) electrons. The predicted molar refractivity (Wildman–Crippen MR) is 90.8 cm³/mol. The van der Waals surface area contributed by atoms with E-state index in [-0.39, 0.29) is 12.5 Å². The van der Waals surface area contributed by atoms with Crippen molar-refractivity contribution in [2.45, 2.75) is 6.18 Å². The summed E-state index contributed by atoms with van der Waals surface area (Å²) >= 11 is 0. The van der Waals surface area contributed by atoms with Crippen molar-refractivity contribution in [1.29, 1.82) is 0 Å². The summed E-state index contributed by atoms with van der Waals surface area (Å²) in [6, 6.07) is 4.42. The molecule has 2 aromatic rings. The van der Waals surface area contributed by atoms with E-state index in [1.165, 1.54) is 12.1 Å². The molecule has 6 nitrogen and oxygen atoms in total. The van der Waals surface area contributed by atoms with Crippen molar-refractivity contribution in [3.05, 3.63) is 48.4 Å². The van der Waals surface area contributed by atoms with Crippen molar-refractivity contribution >= 4 is 17.4 Å². The minimum Gasteiger partial charge on any atom is -0.353 e. The molecule has 1 aliphatic heterocycles. The molecule has 1 amide bonds. The monoisotopic (exact) mass is 365 g/mol. The Kier molecular flexibility index (Phi) is 5.36. The van der Waals surface area contributed by atoms with E-state index < -0.39 is 11.7 Å². The zero-order valence-electron chi connectivity index (χ0n) is 13.9. The summed E-state index contributed by atoms with van der Waals surface area (Å²) in [5, 5.41) is 2.63. The molecule has 1 aliphatic rings. The summed E-state index contributed by atoms with van der Waals surface area (Å²) in [5.41, 5.74) is -0.392. The van der Waals surface area contributed by atoms with Crippen LogP contribution in [0, 0.1) is 0 Å². The molecule has 1 aromatic carbocycles. The molecule has 0 spiro atoms. The lowest BCUT2D eigenvalue weighted by molar-refractivity contribution is -0.137. The smallest absolute Gasteiger partial charge is 0.353 e. The Morgan fingerprint density at radius 2 is 1.77 bits per heavy atom. The number of hydrogen-bond donors (Lipinski definition) is 1. The number of amides is 1. The number of nitrogens with zero attached hydrogens (tertiary/aromatic N) is 4. The Labute approximate surface area is 148 Å². The number of carbonyl (C=O) groups is 1. The number of carbonyl (C=O) groups excluding carboxylic acids is 1. The number of piperazine rings is 1. The second-order valence-corrected chi connectivity index (χ2v) is 5.95. The van der Waals surface area contributed by atoms with Crippen LogP contribution in [0.4, 0.5) is 24.7 Å². The number of anilines is 2. The molecule has 0 unspecified atom stereocenters. The van der Waals surface area contributed by atoms with E-state index in [0.29, 0.717) is 18.8 Å². The Balaban J connectivity index is 1.47. The van der Waals surface area contributed by atoms with Crippen molar-refractivity contribution < 1.29 is 18.0 Å². The lowest BCUT2D eigenvalue weighted by Gasteiger charge is -2.34. The second kappa shape index (κ2) is 7.69. The van der Waals surface area contributed by atoms with Crippen LogP contribution in [0.1, 0.15) is 5.56 Å². The van der Waals surface area contributed by atoms with E-state index in [1.54, 1.807) is 18.6 Å². The van der Waals surface area contributed by atoms with Crippen LogP contribution in [-0.2, 0) is 11.0 Å². The first kappa shape index (κ1) is 18.1. The molecule has 1 N–H and O–H groups in total. The number of nitrogens with one attached hydrogen (secondary N) is 1. The van der Waals surface area contributed by atoms with Crippen LogP contribution < -0.4 is 10.2 Å². The minimum absolute atomic E-state index is 0.190. The summed E-state index contributed by atoms with van der Waals surface area (Å²) in [6.45, 7) is 3.03. The second-order valence-electron chi connectivity index (χ2n) is 5.95. The van der Waals surface area contributed by atoms with Crippen LogP contribution in [-0.4, -0.2) is 53.5 Å². The van der Waals surface area contributed by atoms with E-state index in [9.17, 15) is 18.0 Å². The molecule has 0 aliphatic carbocycles. The fourth-order valence-corrected chi connectivity index (χ4v) is 2.74. The van der Waals surface area contributed by atoms with Gasteiger partial charge in [-0.25, -0.2) is 4.98 Å². The van der Waals surface area contributed by atoms with Crippen LogP contribution in [0.3, 0.4) is 0 Å². The van der Waals surface area contributed by atoms with Crippen molar-refractivity contribution in [3.63, 3.8) is 0 Å². The molecule has 0 bridgehead atoms. The number of alkyl halides is 3. The summed E-state index contributed by atoms with van der Waals surface area (Å²) < 4.78 is 37.6. The highest BCUT2D eigenvalue weighted by Crippen LogP contribution is 2.29. The van der Waals surface area contributed by atoms with Gasteiger partial charge in [0.2, 0.25) is 5.91 Å². The molecule has 3 rings (SSSR count). The average Bonchev–Trinajstić information content (AvgIpc) is 2.63. The van der Waals surface area contributed by atoms with Crippen LogP contribution in [0.25, 0.3) is 0 Å². The van der Waals surface area contributed by atoms with Gasteiger partial charge in [0.1, 0.15) is 5.82 Å². The normalized spacial score (nSPS) is 15.7. The van der Waals surface area contributed by atoms with Gasteiger partial charge in [-0.3, -0.25) is 14.7 Å². The summed E-state index contributed by atoms with van der Waals surface area (Å²) in [5.74, 6) is 0.555. The van der Waals surface area contributed by atoms with Crippen LogP contribution in [0.5, 0.6) is 0 Å². The maximum Gasteiger partial charge on any atom is 0.416 e. The van der Waals surface area contributed by atoms with E-state index in [4.69, 9.17) is 0 Å². The van der Waals surface area contributed by atoms with Gasteiger partial charge in [-0.2, -0.15) is 13.2 Å². The lowest BCUT2D eigenvalue weighted by Crippen LogP contribution is -2.48. The number of hydrogen-bond acceptors (Lipinski definition) is 5. The molecule has 26 heavy (non-hydrogen) atoms. The molecule has 2 heterocycles. The number of rotatable bonds is 4. The number of benzene rings is 1. The SMILES string of the molecule is O=C(CN1CCN(c2cnccn2)CC1)Nc1ccc(C(F)(F)F)cc1. The highest BCUT2D eigenvalue weighted by molar-refractivity contribution is 5.92. The standard InChI is InChI=1S/C17H18F3N5O/c18-17(19,20)13-1-3-14(4-2-13)23-16(26)12-24-7-9-25(10-8-24)15-11-21-5-6-22-15/h1-6,11H,7-10,12H2,(H,23,26). The van der Waals surface area contributed by atoms with Crippen LogP contribution >= 0.6 is 0 Å². The van der Waals surface area contributed by atoms with Gasteiger partial charge in [0, 0.05) is 44.3 Å². The first-order valence-electron chi connectivity index (χ1n) is 8.12. The van der Waals surface area contributed by atoms with Crippen molar-refractivity contribution in [3.8, 4) is 0 Å². The highest BCUT2D eigenvalue weighted by atomic mass is 19.4. The molecule has 1 fully saturated rings. The molecular weight excluding hydrogens is 347 g/mol. The van der Waals surface area contributed by atoms with Gasteiger partial charge >= 0.3 is 6.18 Å². The zero-order valence-corrected chi connectivity index (χ0v) is 13.9. The number of aromatic nitrogens is 2. The van der Waals surface area contributed by atoms with Crippen molar-refractivity contribution in [1.82, 2.24) is 14.9 Å². The molecular formula is C17H18F3N5O. The molecule has 1 aromatic heterocycles. The fourth-order valence-electron chi connectivity index (χ4n) is 2.74. The van der Waals surface area contributed by atoms with E-state index in [1.807, 2.05) is 4.90 Å². The third-order valence-electron chi connectivity index (χ3n) is 4.11. The topological polar surface area (TPSA) is 61.4 Å². The van der Waals surface area contributed by atoms with E-state index >= 15 is 0 Å². The number of halogens is 3. The Morgan fingerprint density at radius 3 is 2.35 bits per heavy atom. The quantitative estimate of drug-likeness (QED) is 0.901. The van der Waals surface area contributed by atoms with Crippen molar-refractivity contribution in [2.24, 2.45) is 0 Å². The van der Waals surface area contributed by atoms with Gasteiger partial charge in [-0.1, -0.05) is 0 Å². The maximum atomic E-state index is 12.5. The van der Waals surface area contributed by atoms with E-state index in [2.05, 4.69) is 20.2 Å². The molecule has 0 atom stereocenters. The molecule has 9 heteroatoms. The zero-order chi connectivity index (χ0) is 18.6. The highest BCUT2D eigenvalue weighted by Gasteiger charge is 2.30.